The van der Waals surface area contributed by atoms with Crippen LogP contribution >= 0.6 is 0 Å². The molecule has 1 heteroatoms. The Morgan fingerprint density at radius 2 is 0.778 bits per heavy atom. The molecule has 0 radical (unpaired) electrons. The Hall–Kier alpha value is -0.0400. The summed E-state index contributed by atoms with van der Waals surface area (Å²) in [6, 6.07) is 0. The van der Waals surface area contributed by atoms with Crippen LogP contribution in [0.25, 0.3) is 0 Å². The summed E-state index contributed by atoms with van der Waals surface area (Å²) >= 11 is 0. The summed E-state index contributed by atoms with van der Waals surface area (Å²) in [5, 5.41) is 0. The van der Waals surface area contributed by atoms with Crippen molar-refractivity contribution >= 4 is 0 Å². The van der Waals surface area contributed by atoms with Crippen LogP contribution in [0.5, 0.6) is 0 Å². The normalized spacial score (nSPS) is 12.0. The van der Waals surface area contributed by atoms with E-state index in [1.54, 1.807) is 0 Å². The molecule has 0 saturated carbocycles. The Morgan fingerprint density at radius 3 is 1.15 bits per heavy atom. The number of rotatable bonds is 21. The average molecular weight is 382 g/mol. The Kier molecular flexibility index (Phi) is 20.7. The van der Waals surface area contributed by atoms with Gasteiger partial charge in [-0.15, -0.1) is 0 Å². The van der Waals surface area contributed by atoms with E-state index in [1.165, 1.54) is 122 Å². The van der Waals surface area contributed by atoms with Crippen LogP contribution in [0.1, 0.15) is 137 Å². The Morgan fingerprint density at radius 1 is 0.444 bits per heavy atom. The lowest BCUT2D eigenvalue weighted by atomic mass is 10.0. The van der Waals surface area contributed by atoms with Crippen LogP contribution in [0, 0.1) is 11.8 Å². The summed E-state index contributed by atoms with van der Waals surface area (Å²) in [6.45, 7) is 15.7. The van der Waals surface area contributed by atoms with E-state index in [9.17, 15) is 0 Å². The maximum Gasteiger partial charge on any atom is -0.00187 e. The molecule has 0 spiro atoms. The second-order valence-electron chi connectivity index (χ2n) is 9.80. The van der Waals surface area contributed by atoms with E-state index in [0.717, 1.165) is 11.8 Å². The summed E-state index contributed by atoms with van der Waals surface area (Å²) in [5.74, 6) is 1.73. The van der Waals surface area contributed by atoms with Gasteiger partial charge in [-0.05, 0) is 50.7 Å². The number of hydrogen-bond acceptors (Lipinski definition) is 1. The molecule has 0 saturated heterocycles. The lowest BCUT2D eigenvalue weighted by Gasteiger charge is -2.23. The van der Waals surface area contributed by atoms with Gasteiger partial charge in [-0.25, -0.2) is 0 Å². The van der Waals surface area contributed by atoms with Crippen LogP contribution in [0.15, 0.2) is 0 Å². The van der Waals surface area contributed by atoms with Crippen LogP contribution in [0.2, 0.25) is 0 Å². The predicted octanol–water partition coefficient (Wildman–Crippen LogP) is 8.86. The highest BCUT2D eigenvalue weighted by Gasteiger charge is 2.06. The fourth-order valence-corrected chi connectivity index (χ4v) is 3.93. The van der Waals surface area contributed by atoms with Gasteiger partial charge in [0, 0.05) is 0 Å². The first-order valence-electron chi connectivity index (χ1n) is 12.8. The zero-order chi connectivity index (χ0) is 20.2. The lowest BCUT2D eigenvalue weighted by Crippen LogP contribution is -2.27. The SMILES string of the molecule is CCCCCCCCCCCCN(CCCCC(C)C)CCCCC(C)C. The van der Waals surface area contributed by atoms with E-state index in [2.05, 4.69) is 39.5 Å². The minimum atomic E-state index is 0.867. The fourth-order valence-electron chi connectivity index (χ4n) is 3.93. The molecule has 0 N–H and O–H groups in total. The maximum absolute atomic E-state index is 2.78. The molecular formula is C26H55N. The summed E-state index contributed by atoms with van der Waals surface area (Å²) in [5.41, 5.74) is 0. The molecule has 0 aliphatic heterocycles. The summed E-state index contributed by atoms with van der Waals surface area (Å²) in [4.78, 5) is 2.78. The van der Waals surface area contributed by atoms with E-state index in [4.69, 9.17) is 0 Å². The summed E-state index contributed by atoms with van der Waals surface area (Å²) in [7, 11) is 0. The molecule has 27 heavy (non-hydrogen) atoms. The molecule has 0 atom stereocenters. The third-order valence-corrected chi connectivity index (χ3v) is 5.84. The topological polar surface area (TPSA) is 3.24 Å². The van der Waals surface area contributed by atoms with E-state index < -0.39 is 0 Å². The van der Waals surface area contributed by atoms with E-state index in [1.807, 2.05) is 0 Å². The van der Waals surface area contributed by atoms with Crippen LogP contribution in [0.3, 0.4) is 0 Å². The molecule has 0 bridgehead atoms. The van der Waals surface area contributed by atoms with Gasteiger partial charge in [-0.2, -0.15) is 0 Å². The van der Waals surface area contributed by atoms with Crippen molar-refractivity contribution in [2.45, 2.75) is 137 Å². The van der Waals surface area contributed by atoms with Gasteiger partial charge >= 0.3 is 0 Å². The van der Waals surface area contributed by atoms with Crippen LogP contribution < -0.4 is 0 Å². The Balaban J connectivity index is 3.74. The van der Waals surface area contributed by atoms with Crippen LogP contribution in [-0.2, 0) is 0 Å². The average Bonchev–Trinajstić information content (AvgIpc) is 2.62. The van der Waals surface area contributed by atoms with Gasteiger partial charge in [0.25, 0.3) is 0 Å². The van der Waals surface area contributed by atoms with E-state index in [-0.39, 0.29) is 0 Å². The monoisotopic (exact) mass is 381 g/mol. The van der Waals surface area contributed by atoms with Gasteiger partial charge in [0.2, 0.25) is 0 Å². The highest BCUT2D eigenvalue weighted by Crippen LogP contribution is 2.13. The maximum atomic E-state index is 2.78. The molecule has 164 valence electrons. The first-order chi connectivity index (χ1) is 13.1. The third-order valence-electron chi connectivity index (χ3n) is 5.84. The molecule has 0 unspecified atom stereocenters. The predicted molar refractivity (Wildman–Crippen MR) is 126 cm³/mol. The second-order valence-corrected chi connectivity index (χ2v) is 9.80. The highest BCUT2D eigenvalue weighted by atomic mass is 15.1. The first-order valence-corrected chi connectivity index (χ1v) is 12.8. The molecule has 0 aromatic rings. The Bertz CT molecular complexity index is 255. The quantitative estimate of drug-likeness (QED) is 0.179. The molecule has 0 heterocycles. The molecule has 1 nitrogen and oxygen atoms in total. The van der Waals surface area contributed by atoms with Gasteiger partial charge in [-0.1, -0.05) is 118 Å². The molecular weight excluding hydrogens is 326 g/mol. The van der Waals surface area contributed by atoms with Crippen molar-refractivity contribution in [2.75, 3.05) is 19.6 Å². The minimum Gasteiger partial charge on any atom is -0.303 e. The van der Waals surface area contributed by atoms with Gasteiger partial charge in [0.15, 0.2) is 0 Å². The van der Waals surface area contributed by atoms with Crippen molar-refractivity contribution in [2.24, 2.45) is 11.8 Å². The molecule has 0 aromatic heterocycles. The molecule has 0 amide bonds. The van der Waals surface area contributed by atoms with Gasteiger partial charge < -0.3 is 4.90 Å². The zero-order valence-corrected chi connectivity index (χ0v) is 20.0. The van der Waals surface area contributed by atoms with Crippen molar-refractivity contribution in [1.29, 1.82) is 0 Å². The zero-order valence-electron chi connectivity index (χ0n) is 20.0. The summed E-state index contributed by atoms with van der Waals surface area (Å²) < 4.78 is 0. The molecule has 0 fully saturated rings. The van der Waals surface area contributed by atoms with E-state index in [0.29, 0.717) is 0 Å². The molecule has 0 aromatic carbocycles. The molecule has 0 aliphatic rings. The van der Waals surface area contributed by atoms with Gasteiger partial charge in [0.1, 0.15) is 0 Å². The van der Waals surface area contributed by atoms with Crippen molar-refractivity contribution in [3.63, 3.8) is 0 Å². The molecule has 0 aliphatic carbocycles. The highest BCUT2D eigenvalue weighted by molar-refractivity contribution is 4.61. The minimum absolute atomic E-state index is 0.867. The van der Waals surface area contributed by atoms with Gasteiger partial charge in [-0.3, -0.25) is 0 Å². The summed E-state index contributed by atoms with van der Waals surface area (Å²) in [6.07, 6.45) is 22.9. The number of unbranched alkanes of at least 4 members (excludes halogenated alkanes) is 11. The fraction of sp³-hybridized carbons (Fsp3) is 1.00. The van der Waals surface area contributed by atoms with Crippen molar-refractivity contribution < 1.29 is 0 Å². The van der Waals surface area contributed by atoms with Crippen molar-refractivity contribution in [3.8, 4) is 0 Å². The van der Waals surface area contributed by atoms with Crippen LogP contribution in [-0.4, -0.2) is 24.5 Å². The number of hydrogen-bond donors (Lipinski definition) is 0. The van der Waals surface area contributed by atoms with E-state index >= 15 is 0 Å². The van der Waals surface area contributed by atoms with Crippen LogP contribution in [0.4, 0.5) is 0 Å². The Labute approximate surface area is 174 Å². The van der Waals surface area contributed by atoms with Gasteiger partial charge in [0.05, 0.1) is 0 Å². The first kappa shape index (κ1) is 27.0. The lowest BCUT2D eigenvalue weighted by molar-refractivity contribution is 0.251. The number of nitrogens with zero attached hydrogens (tertiary/aromatic N) is 1. The standard InChI is InChI=1S/C26H55N/c1-6-7-8-9-10-11-12-13-14-17-22-27(23-18-15-20-25(2)3)24-19-16-21-26(4)5/h25-26H,6-24H2,1-5H3. The smallest absolute Gasteiger partial charge is 0.00187 e. The molecule has 0 rings (SSSR count). The van der Waals surface area contributed by atoms with Crippen molar-refractivity contribution in [1.82, 2.24) is 4.90 Å². The second kappa shape index (κ2) is 20.7. The van der Waals surface area contributed by atoms with Crippen molar-refractivity contribution in [3.05, 3.63) is 0 Å². The third kappa shape index (κ3) is 22.1. The largest absolute Gasteiger partial charge is 0.303 e.